The van der Waals surface area contributed by atoms with Crippen LogP contribution in [0, 0.1) is 13.8 Å². The molecule has 4 heteroatoms. The first-order valence-electron chi connectivity index (χ1n) is 7.03. The molecular weight excluding hydrogens is 268 g/mol. The van der Waals surface area contributed by atoms with Gasteiger partial charge in [-0.25, -0.2) is 4.98 Å². The number of rotatable bonds is 7. The van der Waals surface area contributed by atoms with Crippen LogP contribution in [0.5, 0.6) is 5.75 Å². The highest BCUT2D eigenvalue weighted by Gasteiger charge is 2.05. The van der Waals surface area contributed by atoms with E-state index in [-0.39, 0.29) is 0 Å². The number of benzene rings is 1. The van der Waals surface area contributed by atoms with E-state index in [9.17, 15) is 0 Å². The predicted octanol–water partition coefficient (Wildman–Crippen LogP) is 3.49. The fourth-order valence-corrected chi connectivity index (χ4v) is 2.84. The van der Waals surface area contributed by atoms with Crippen molar-refractivity contribution in [3.05, 3.63) is 45.4 Å². The quantitative estimate of drug-likeness (QED) is 0.847. The van der Waals surface area contributed by atoms with Crippen LogP contribution in [-0.4, -0.2) is 18.1 Å². The molecule has 0 aliphatic heterocycles. The molecule has 1 aromatic heterocycles. The minimum absolute atomic E-state index is 0.680. The van der Waals surface area contributed by atoms with Crippen molar-refractivity contribution in [1.82, 2.24) is 10.3 Å². The molecule has 1 aromatic carbocycles. The van der Waals surface area contributed by atoms with E-state index in [4.69, 9.17) is 4.74 Å². The Kier molecular flexibility index (Phi) is 5.56. The Morgan fingerprint density at radius 1 is 1.25 bits per heavy atom. The molecule has 0 atom stereocenters. The first-order chi connectivity index (χ1) is 9.70. The van der Waals surface area contributed by atoms with E-state index in [1.165, 1.54) is 11.1 Å². The topological polar surface area (TPSA) is 34.1 Å². The largest absolute Gasteiger partial charge is 0.493 e. The van der Waals surface area contributed by atoms with E-state index in [1.54, 1.807) is 11.3 Å². The summed E-state index contributed by atoms with van der Waals surface area (Å²) in [6, 6.07) is 6.23. The Morgan fingerprint density at radius 2 is 2.00 bits per heavy atom. The Balaban J connectivity index is 1.85. The second kappa shape index (κ2) is 7.41. The lowest BCUT2D eigenvalue weighted by Gasteiger charge is -2.10. The van der Waals surface area contributed by atoms with Gasteiger partial charge in [-0.15, -0.1) is 11.3 Å². The van der Waals surface area contributed by atoms with Crippen molar-refractivity contribution in [2.24, 2.45) is 0 Å². The molecule has 0 saturated carbocycles. The van der Waals surface area contributed by atoms with E-state index < -0.39 is 0 Å². The van der Waals surface area contributed by atoms with E-state index >= 15 is 0 Å². The minimum Gasteiger partial charge on any atom is -0.493 e. The van der Waals surface area contributed by atoms with Gasteiger partial charge in [0, 0.05) is 18.3 Å². The molecule has 1 N–H and O–H groups in total. The summed E-state index contributed by atoms with van der Waals surface area (Å²) in [5, 5.41) is 6.55. The van der Waals surface area contributed by atoms with E-state index in [0.29, 0.717) is 6.61 Å². The average molecular weight is 290 g/mol. The van der Waals surface area contributed by atoms with Crippen LogP contribution in [0.1, 0.15) is 28.8 Å². The lowest BCUT2D eigenvalue weighted by molar-refractivity contribution is 0.317. The standard InChI is InChI=1S/C16H22N2OS/c1-4-17-10-14-11-20-15(18-14)8-9-19-16-12(2)6-5-7-13(16)3/h5-7,11,17H,4,8-10H2,1-3H3. The molecule has 2 rings (SSSR count). The molecule has 0 amide bonds. The van der Waals surface area contributed by atoms with Gasteiger partial charge in [0.15, 0.2) is 0 Å². The SMILES string of the molecule is CCNCc1csc(CCOc2c(C)cccc2C)n1. The maximum Gasteiger partial charge on any atom is 0.125 e. The molecule has 1 heterocycles. The summed E-state index contributed by atoms with van der Waals surface area (Å²) in [4.78, 5) is 4.60. The fraction of sp³-hybridized carbons (Fsp3) is 0.438. The number of ether oxygens (including phenoxy) is 1. The highest BCUT2D eigenvalue weighted by atomic mass is 32.1. The van der Waals surface area contributed by atoms with Gasteiger partial charge in [-0.05, 0) is 31.5 Å². The molecule has 0 aliphatic rings. The number of nitrogens with one attached hydrogen (secondary N) is 1. The molecule has 0 bridgehead atoms. The van der Waals surface area contributed by atoms with Gasteiger partial charge in [-0.1, -0.05) is 25.1 Å². The number of hydrogen-bond donors (Lipinski definition) is 1. The van der Waals surface area contributed by atoms with Gasteiger partial charge in [-0.3, -0.25) is 0 Å². The molecule has 0 fully saturated rings. The van der Waals surface area contributed by atoms with Gasteiger partial charge in [0.05, 0.1) is 17.3 Å². The fourth-order valence-electron chi connectivity index (χ4n) is 2.07. The van der Waals surface area contributed by atoms with Gasteiger partial charge in [-0.2, -0.15) is 0 Å². The zero-order valence-electron chi connectivity index (χ0n) is 12.4. The van der Waals surface area contributed by atoms with Crippen molar-refractivity contribution in [3.8, 4) is 5.75 Å². The summed E-state index contributed by atoms with van der Waals surface area (Å²) in [5.74, 6) is 1.01. The van der Waals surface area contributed by atoms with Crippen LogP contribution in [0.4, 0.5) is 0 Å². The highest BCUT2D eigenvalue weighted by Crippen LogP contribution is 2.22. The number of nitrogens with zero attached hydrogens (tertiary/aromatic N) is 1. The summed E-state index contributed by atoms with van der Waals surface area (Å²) < 4.78 is 5.91. The van der Waals surface area contributed by atoms with Crippen molar-refractivity contribution in [1.29, 1.82) is 0 Å². The van der Waals surface area contributed by atoms with E-state index in [1.807, 2.05) is 0 Å². The smallest absolute Gasteiger partial charge is 0.125 e. The molecule has 2 aromatic rings. The van der Waals surface area contributed by atoms with Crippen molar-refractivity contribution in [2.45, 2.75) is 33.7 Å². The van der Waals surface area contributed by atoms with Crippen molar-refractivity contribution in [3.63, 3.8) is 0 Å². The first-order valence-corrected chi connectivity index (χ1v) is 7.91. The first kappa shape index (κ1) is 15.0. The molecule has 0 unspecified atom stereocenters. The average Bonchev–Trinajstić information content (AvgIpc) is 2.88. The molecule has 0 aliphatic carbocycles. The zero-order valence-corrected chi connectivity index (χ0v) is 13.2. The van der Waals surface area contributed by atoms with Crippen molar-refractivity contribution < 1.29 is 4.74 Å². The van der Waals surface area contributed by atoms with Gasteiger partial charge < -0.3 is 10.1 Å². The van der Waals surface area contributed by atoms with Crippen LogP contribution >= 0.6 is 11.3 Å². The second-order valence-corrected chi connectivity index (χ2v) is 5.77. The maximum absolute atomic E-state index is 5.91. The van der Waals surface area contributed by atoms with Crippen LogP contribution < -0.4 is 10.1 Å². The summed E-state index contributed by atoms with van der Waals surface area (Å²) in [6.07, 6.45) is 0.866. The molecule has 3 nitrogen and oxygen atoms in total. The predicted molar refractivity (Wildman–Crippen MR) is 84.6 cm³/mol. The van der Waals surface area contributed by atoms with Crippen molar-refractivity contribution >= 4 is 11.3 Å². The molecule has 20 heavy (non-hydrogen) atoms. The number of hydrogen-bond acceptors (Lipinski definition) is 4. The zero-order chi connectivity index (χ0) is 14.4. The summed E-state index contributed by atoms with van der Waals surface area (Å²) in [6.45, 7) is 8.78. The van der Waals surface area contributed by atoms with Gasteiger partial charge in [0.25, 0.3) is 0 Å². The molecule has 0 saturated heterocycles. The van der Waals surface area contributed by atoms with Gasteiger partial charge >= 0.3 is 0 Å². The van der Waals surface area contributed by atoms with Gasteiger partial charge in [0.2, 0.25) is 0 Å². The Morgan fingerprint density at radius 3 is 2.70 bits per heavy atom. The molecule has 0 spiro atoms. The number of thiazole rings is 1. The number of para-hydroxylation sites is 1. The van der Waals surface area contributed by atoms with Crippen molar-refractivity contribution in [2.75, 3.05) is 13.2 Å². The van der Waals surface area contributed by atoms with Crippen LogP contribution in [0.2, 0.25) is 0 Å². The van der Waals surface area contributed by atoms with Crippen LogP contribution in [0.25, 0.3) is 0 Å². The third-order valence-electron chi connectivity index (χ3n) is 3.13. The van der Waals surface area contributed by atoms with E-state index in [0.717, 1.165) is 36.0 Å². The molecule has 108 valence electrons. The minimum atomic E-state index is 0.680. The monoisotopic (exact) mass is 290 g/mol. The normalized spacial score (nSPS) is 10.8. The Labute approximate surface area is 125 Å². The maximum atomic E-state index is 5.91. The number of aromatic nitrogens is 1. The van der Waals surface area contributed by atoms with Crippen LogP contribution in [0.3, 0.4) is 0 Å². The third-order valence-corrected chi connectivity index (χ3v) is 4.08. The number of aryl methyl sites for hydroxylation is 2. The Bertz CT molecular complexity index is 531. The van der Waals surface area contributed by atoms with Gasteiger partial charge in [0.1, 0.15) is 5.75 Å². The van der Waals surface area contributed by atoms with Crippen LogP contribution in [0.15, 0.2) is 23.6 Å². The summed E-state index contributed by atoms with van der Waals surface area (Å²) >= 11 is 1.71. The lowest BCUT2D eigenvalue weighted by atomic mass is 10.1. The second-order valence-electron chi connectivity index (χ2n) is 4.83. The molecule has 0 radical (unpaired) electrons. The lowest BCUT2D eigenvalue weighted by Crippen LogP contribution is -2.12. The summed E-state index contributed by atoms with van der Waals surface area (Å²) in [5.41, 5.74) is 3.51. The third kappa shape index (κ3) is 4.05. The summed E-state index contributed by atoms with van der Waals surface area (Å²) in [7, 11) is 0. The van der Waals surface area contributed by atoms with E-state index in [2.05, 4.69) is 54.7 Å². The molecular formula is C16H22N2OS. The highest BCUT2D eigenvalue weighted by molar-refractivity contribution is 7.09. The van der Waals surface area contributed by atoms with Crippen LogP contribution in [-0.2, 0) is 13.0 Å². The Hall–Kier alpha value is -1.39.